The molecule has 1 saturated carbocycles. The molecule has 15 nitrogen and oxygen atoms in total. The lowest BCUT2D eigenvalue weighted by atomic mass is 9.92. The summed E-state index contributed by atoms with van der Waals surface area (Å²) in [6.07, 6.45) is 1.01. The molecule has 7 N–H and O–H groups in total. The normalized spacial score (nSPS) is 24.9. The number of aliphatic hydroxyl groups excluding tert-OH is 2. The largest absolute Gasteiger partial charge is 0.490 e. The van der Waals surface area contributed by atoms with E-state index >= 15 is 0 Å². The Labute approximate surface area is 351 Å². The van der Waals surface area contributed by atoms with Crippen molar-refractivity contribution in [3.05, 3.63) is 100 Å². The summed E-state index contributed by atoms with van der Waals surface area (Å²) < 4.78 is 19.1. The monoisotopic (exact) mass is 834 g/mol. The van der Waals surface area contributed by atoms with Crippen LogP contribution in [0.5, 0.6) is 5.75 Å². The molecule has 0 bridgehead atoms. The van der Waals surface area contributed by atoms with Gasteiger partial charge in [-0.25, -0.2) is 9.50 Å². The summed E-state index contributed by atoms with van der Waals surface area (Å²) in [7, 11) is 0. The average Bonchev–Trinajstić information content (AvgIpc) is 4.08. The number of fused-ring (bicyclic) bond motifs is 1. The van der Waals surface area contributed by atoms with Crippen LogP contribution in [0.15, 0.2) is 73.1 Å². The summed E-state index contributed by atoms with van der Waals surface area (Å²) in [5.74, 6) is 0.000644. The number of nitrogens with one attached hydrogen (secondary N) is 3. The molecule has 60 heavy (non-hydrogen) atoms. The number of ether oxygens (including phenoxy) is 3. The third-order valence-corrected chi connectivity index (χ3v) is 13.1. The van der Waals surface area contributed by atoms with Gasteiger partial charge in [0, 0.05) is 27.9 Å². The molecule has 2 saturated heterocycles. The Bertz CT molecular complexity index is 2390. The van der Waals surface area contributed by atoms with Crippen molar-refractivity contribution in [2.75, 3.05) is 25.4 Å². The van der Waals surface area contributed by atoms with E-state index in [2.05, 4.69) is 50.3 Å². The first kappa shape index (κ1) is 41.3. The van der Waals surface area contributed by atoms with E-state index < -0.39 is 29.9 Å². The number of anilines is 1. The molecule has 1 aliphatic carbocycles. The van der Waals surface area contributed by atoms with Crippen LogP contribution in [0.3, 0.4) is 0 Å². The average molecular weight is 835 g/mol. The quantitative estimate of drug-likeness (QED) is 0.0913. The fourth-order valence-corrected chi connectivity index (χ4v) is 9.39. The van der Waals surface area contributed by atoms with Gasteiger partial charge in [0.05, 0.1) is 17.7 Å². The molecule has 1 amide bonds. The van der Waals surface area contributed by atoms with E-state index in [1.807, 2.05) is 50.2 Å². The number of carbonyl (C=O) groups excluding carboxylic acids is 2. The third kappa shape index (κ3) is 8.46. The van der Waals surface area contributed by atoms with Crippen molar-refractivity contribution < 1.29 is 34.0 Å². The minimum Gasteiger partial charge on any atom is -0.490 e. The predicted molar refractivity (Wildman–Crippen MR) is 224 cm³/mol. The first-order chi connectivity index (χ1) is 29.0. The molecular formula is C44H50N8O7S. The number of aliphatic hydroxyl groups is 2. The van der Waals surface area contributed by atoms with Gasteiger partial charge >= 0.3 is 5.97 Å². The topological polar surface area (TPSA) is 218 Å². The van der Waals surface area contributed by atoms with Crippen LogP contribution in [-0.2, 0) is 26.4 Å². The molecule has 8 rings (SSSR count). The number of aromatic nitrogens is 3. The minimum atomic E-state index is -1.97. The number of nitriles is 1. The SMILES string of the molecule is Cc1ccc(OC2CCNCC2)cc1C(=O)N[C@H](C)c1cccc(-c2ccc(CN[C@H]3CC[C@@H](C(=O)OC[C@H]4O[C@@](C#N)(c5ccc6c(N)ncnn56)[C@H](O)[C@@H]4O)C3)s2)c1. The summed E-state index contributed by atoms with van der Waals surface area (Å²) in [6.45, 7) is 6.11. The van der Waals surface area contributed by atoms with Gasteiger partial charge in [-0.15, -0.1) is 11.3 Å². The number of hydrogen-bond acceptors (Lipinski definition) is 14. The fraction of sp³-hybridized carbons (Fsp3) is 0.432. The number of piperidine rings is 1. The van der Waals surface area contributed by atoms with Gasteiger partial charge in [0.1, 0.15) is 54.7 Å². The highest BCUT2D eigenvalue weighted by molar-refractivity contribution is 7.15. The molecule has 2 aliphatic heterocycles. The van der Waals surface area contributed by atoms with Crippen LogP contribution < -0.4 is 26.4 Å². The number of nitrogens with two attached hydrogens (primary N) is 1. The van der Waals surface area contributed by atoms with Crippen molar-refractivity contribution in [2.24, 2.45) is 5.92 Å². The molecule has 3 fully saturated rings. The van der Waals surface area contributed by atoms with Crippen LogP contribution in [0.2, 0.25) is 0 Å². The number of aryl methyl sites for hydroxylation is 1. The maximum atomic E-state index is 13.5. The van der Waals surface area contributed by atoms with Crippen LogP contribution in [-0.4, -0.2) is 86.8 Å². The number of amides is 1. The Kier molecular flexibility index (Phi) is 12.2. The van der Waals surface area contributed by atoms with E-state index in [0.717, 1.165) is 64.5 Å². The van der Waals surface area contributed by atoms with E-state index in [9.17, 15) is 25.1 Å². The molecule has 2 aromatic carbocycles. The van der Waals surface area contributed by atoms with Gasteiger partial charge in [0.15, 0.2) is 5.82 Å². The maximum Gasteiger partial charge on any atom is 0.309 e. The van der Waals surface area contributed by atoms with Crippen molar-refractivity contribution in [1.82, 2.24) is 30.5 Å². The second-order valence-corrected chi connectivity index (χ2v) is 17.1. The summed E-state index contributed by atoms with van der Waals surface area (Å²) in [4.78, 5) is 32.8. The second-order valence-electron chi connectivity index (χ2n) is 15.9. The zero-order valence-electron chi connectivity index (χ0n) is 33.5. The first-order valence-corrected chi connectivity index (χ1v) is 21.3. The van der Waals surface area contributed by atoms with E-state index in [1.54, 1.807) is 17.4 Å². The van der Waals surface area contributed by atoms with E-state index in [1.165, 1.54) is 16.9 Å². The summed E-state index contributed by atoms with van der Waals surface area (Å²) in [5, 5.41) is 46.3. The summed E-state index contributed by atoms with van der Waals surface area (Å²) >= 11 is 1.69. The highest BCUT2D eigenvalue weighted by Gasteiger charge is 2.58. The Morgan fingerprint density at radius 2 is 1.95 bits per heavy atom. The number of nitrogens with zero attached hydrogens (tertiary/aromatic N) is 4. The lowest BCUT2D eigenvalue weighted by Crippen LogP contribution is -2.41. The van der Waals surface area contributed by atoms with Crippen LogP contribution >= 0.6 is 11.3 Å². The van der Waals surface area contributed by atoms with Crippen LogP contribution in [0.1, 0.15) is 77.1 Å². The van der Waals surface area contributed by atoms with Gasteiger partial charge < -0.3 is 46.1 Å². The Hall–Kier alpha value is -5.41. The second kappa shape index (κ2) is 17.7. The van der Waals surface area contributed by atoms with Crippen LogP contribution in [0, 0.1) is 24.2 Å². The highest BCUT2D eigenvalue weighted by Crippen LogP contribution is 2.41. The van der Waals surface area contributed by atoms with Gasteiger partial charge in [-0.05, 0) is 118 Å². The number of rotatable bonds is 13. The third-order valence-electron chi connectivity index (χ3n) is 11.9. The zero-order valence-corrected chi connectivity index (χ0v) is 34.4. The van der Waals surface area contributed by atoms with Crippen molar-refractivity contribution in [3.8, 4) is 22.3 Å². The highest BCUT2D eigenvalue weighted by atomic mass is 32.1. The molecular weight excluding hydrogens is 785 g/mol. The standard InChI is InChI=1S/C44H50N8O7S/c1-25-6-9-32(58-31-14-16-47-17-15-31)20-34(25)42(55)51-26(2)27-4-3-5-28(18-27)37-12-10-33(60-37)21-48-30-8-7-29(19-30)43(56)57-22-36-39(53)40(54)44(23-45,59-36)38-13-11-35-41(46)49-24-50-52(35)38/h3-6,9-13,18,20,24,26,29-31,36,39-40,47-48,53-54H,7-8,14-17,19,21-22H2,1-2H3,(H,51,55)(H2,46,49,50)/t26-,29-,30+,36-,39-,40-,44+/m1/s1. The van der Waals surface area contributed by atoms with E-state index in [4.69, 9.17) is 19.9 Å². The number of carbonyl (C=O) groups is 2. The van der Waals surface area contributed by atoms with E-state index in [-0.39, 0.29) is 48.1 Å². The van der Waals surface area contributed by atoms with Gasteiger partial charge in [0.25, 0.3) is 5.91 Å². The molecule has 16 heteroatoms. The van der Waals surface area contributed by atoms with Crippen LogP contribution in [0.25, 0.3) is 16.0 Å². The van der Waals surface area contributed by atoms with Crippen LogP contribution in [0.4, 0.5) is 5.82 Å². The molecule has 0 unspecified atom stereocenters. The Morgan fingerprint density at radius 1 is 1.12 bits per heavy atom. The Balaban J connectivity index is 0.813. The van der Waals surface area contributed by atoms with Crippen molar-refractivity contribution >= 4 is 34.5 Å². The smallest absolute Gasteiger partial charge is 0.309 e. The lowest BCUT2D eigenvalue weighted by molar-refractivity contribution is -0.155. The van der Waals surface area contributed by atoms with Crippen molar-refractivity contribution in [1.29, 1.82) is 5.26 Å². The fourth-order valence-electron chi connectivity index (χ4n) is 8.43. The number of thiophene rings is 1. The number of benzene rings is 2. The lowest BCUT2D eigenvalue weighted by Gasteiger charge is -2.24. The maximum absolute atomic E-state index is 13.5. The molecule has 3 aliphatic rings. The Morgan fingerprint density at radius 3 is 2.77 bits per heavy atom. The van der Waals surface area contributed by atoms with E-state index in [0.29, 0.717) is 30.5 Å². The van der Waals surface area contributed by atoms with Gasteiger partial charge in [0.2, 0.25) is 5.60 Å². The van der Waals surface area contributed by atoms with Gasteiger partial charge in [-0.1, -0.05) is 24.3 Å². The van der Waals surface area contributed by atoms with Crippen molar-refractivity contribution in [2.45, 2.75) is 94.6 Å². The number of hydrogen-bond donors (Lipinski definition) is 6. The molecule has 0 spiro atoms. The van der Waals surface area contributed by atoms with Crippen molar-refractivity contribution in [3.63, 3.8) is 0 Å². The first-order valence-electron chi connectivity index (χ1n) is 20.4. The molecule has 3 aromatic heterocycles. The summed E-state index contributed by atoms with van der Waals surface area (Å²) in [6, 6.07) is 23.2. The zero-order chi connectivity index (χ0) is 42.0. The molecule has 0 radical (unpaired) electrons. The minimum absolute atomic E-state index is 0.111. The molecule has 5 aromatic rings. The molecule has 314 valence electrons. The molecule has 5 heterocycles. The number of nitrogen functional groups attached to an aromatic ring is 1. The predicted octanol–water partition coefficient (Wildman–Crippen LogP) is 4.31. The summed E-state index contributed by atoms with van der Waals surface area (Å²) in [5.41, 5.74) is 8.13. The molecule has 7 atom stereocenters. The van der Waals surface area contributed by atoms with Gasteiger partial charge in [-0.2, -0.15) is 10.4 Å². The van der Waals surface area contributed by atoms with Gasteiger partial charge in [-0.3, -0.25) is 9.59 Å². The number of esters is 1.